The van der Waals surface area contributed by atoms with Gasteiger partial charge in [0.15, 0.2) is 0 Å². The number of nitrogens with two attached hydrogens (primary N) is 1. The van der Waals surface area contributed by atoms with Crippen molar-refractivity contribution in [2.45, 2.75) is 11.3 Å². The molecular weight excluding hydrogens is 237 g/mol. The van der Waals surface area contributed by atoms with Crippen LogP contribution < -0.4 is 5.73 Å². The number of hydrogen-bond acceptors (Lipinski definition) is 2. The van der Waals surface area contributed by atoms with E-state index in [0.717, 1.165) is 0 Å². The minimum atomic E-state index is -5.21. The van der Waals surface area contributed by atoms with Gasteiger partial charge in [0, 0.05) is 0 Å². The smallest absolute Gasteiger partial charge is 0.418 e. The fraction of sp³-hybridized carbons (Fsp3) is 0.500. The Labute approximate surface area is 79.1 Å². The van der Waals surface area contributed by atoms with Gasteiger partial charge in [0.2, 0.25) is 0 Å². The van der Waals surface area contributed by atoms with Crippen molar-refractivity contribution in [3.05, 3.63) is 0 Å². The van der Waals surface area contributed by atoms with Crippen LogP contribution in [0, 0.1) is 0 Å². The molecule has 4 N–H and O–H groups in total. The zero-order valence-corrected chi connectivity index (χ0v) is 6.93. The van der Waals surface area contributed by atoms with Crippen LogP contribution in [0.5, 0.6) is 0 Å². The molecule has 0 bridgehead atoms. The fourth-order valence-corrected chi connectivity index (χ4v) is 0.202. The van der Waals surface area contributed by atoms with E-state index in [1.54, 1.807) is 0 Å². The lowest BCUT2D eigenvalue weighted by molar-refractivity contribution is -0.197. The quantitative estimate of drug-likeness (QED) is 0.499. The fourth-order valence-electron chi connectivity index (χ4n) is 0.121. The van der Waals surface area contributed by atoms with Gasteiger partial charge < -0.3 is 15.9 Å². The van der Waals surface area contributed by atoms with Crippen LogP contribution in [0.3, 0.4) is 0 Å². The zero-order chi connectivity index (χ0) is 12.2. The molecule has 0 saturated heterocycles. The summed E-state index contributed by atoms with van der Waals surface area (Å²) in [6.45, 7) is 0. The van der Waals surface area contributed by atoms with Gasteiger partial charge in [-0.25, -0.2) is 9.59 Å². The van der Waals surface area contributed by atoms with E-state index in [9.17, 15) is 22.4 Å². The second-order valence-corrected chi connectivity index (χ2v) is 2.19. The number of amides is 1. The molecule has 0 atom stereocenters. The van der Waals surface area contributed by atoms with Gasteiger partial charge in [-0.2, -0.15) is 17.6 Å². The first-order chi connectivity index (χ1) is 5.93. The van der Waals surface area contributed by atoms with Gasteiger partial charge in [-0.05, 0) is 11.6 Å². The number of rotatable bonds is 2. The number of primary amides is 1. The molecule has 0 saturated carbocycles. The maximum atomic E-state index is 11.6. The third kappa shape index (κ3) is 5.41. The molecule has 1 amide bonds. The van der Waals surface area contributed by atoms with Crippen LogP contribution in [0.1, 0.15) is 0 Å². The lowest BCUT2D eigenvalue weighted by atomic mass is 10.3. The molecular formula is C4H4ClF4NO4. The largest absolute Gasteiger partial charge is 0.477 e. The highest BCUT2D eigenvalue weighted by Gasteiger charge is 2.61. The number of halogens is 5. The van der Waals surface area contributed by atoms with Crippen molar-refractivity contribution in [2.24, 2.45) is 5.73 Å². The van der Waals surface area contributed by atoms with E-state index in [1.165, 1.54) is 0 Å². The summed E-state index contributed by atoms with van der Waals surface area (Å²) in [5.74, 6) is -8.17. The average Bonchev–Trinajstić information content (AvgIpc) is 1.82. The van der Waals surface area contributed by atoms with Gasteiger partial charge in [-0.15, -0.1) is 0 Å². The van der Waals surface area contributed by atoms with Crippen LogP contribution in [0.25, 0.3) is 0 Å². The van der Waals surface area contributed by atoms with E-state index in [0.29, 0.717) is 0 Å². The molecule has 0 unspecified atom stereocenters. The number of aliphatic carboxylic acids is 1. The molecule has 0 aliphatic heterocycles. The summed E-state index contributed by atoms with van der Waals surface area (Å²) in [6, 6.07) is 0. The van der Waals surface area contributed by atoms with Crippen molar-refractivity contribution < 1.29 is 37.4 Å². The van der Waals surface area contributed by atoms with Gasteiger partial charge in [-0.3, -0.25) is 0 Å². The maximum absolute atomic E-state index is 11.6. The standard InChI is InChI=1S/C3HClF4O2.CH3NO2/c4-3(7,8)2(5,6)1(9)10;2-1(3)4/h(H,9,10);2H2,(H,3,4). The third-order valence-electron chi connectivity index (χ3n) is 0.625. The molecule has 0 radical (unpaired) electrons. The molecule has 0 rings (SSSR count). The van der Waals surface area contributed by atoms with E-state index in [2.05, 4.69) is 17.3 Å². The molecule has 0 aromatic rings. The molecule has 0 spiro atoms. The first-order valence-corrected chi connectivity index (χ1v) is 2.97. The van der Waals surface area contributed by atoms with Gasteiger partial charge in [0.1, 0.15) is 0 Å². The average molecular weight is 242 g/mol. The minimum absolute atomic E-state index is 1.33. The Morgan fingerprint density at radius 3 is 1.36 bits per heavy atom. The van der Waals surface area contributed by atoms with Gasteiger partial charge >= 0.3 is 23.4 Å². The first-order valence-electron chi connectivity index (χ1n) is 2.59. The monoisotopic (exact) mass is 241 g/mol. The molecule has 0 aliphatic rings. The van der Waals surface area contributed by atoms with Crippen LogP contribution >= 0.6 is 11.6 Å². The van der Waals surface area contributed by atoms with Crippen molar-refractivity contribution in [2.75, 3.05) is 0 Å². The minimum Gasteiger partial charge on any atom is -0.477 e. The highest BCUT2D eigenvalue weighted by molar-refractivity contribution is 6.23. The van der Waals surface area contributed by atoms with Crippen molar-refractivity contribution in [3.8, 4) is 0 Å². The number of alkyl halides is 5. The van der Waals surface area contributed by atoms with Crippen molar-refractivity contribution in [1.29, 1.82) is 0 Å². The van der Waals surface area contributed by atoms with E-state index >= 15 is 0 Å². The molecule has 0 aromatic heterocycles. The molecule has 0 aliphatic carbocycles. The van der Waals surface area contributed by atoms with Gasteiger partial charge in [0.05, 0.1) is 0 Å². The summed E-state index contributed by atoms with van der Waals surface area (Å²) in [6.07, 6.45) is -1.33. The summed E-state index contributed by atoms with van der Waals surface area (Å²) in [7, 11) is 0. The van der Waals surface area contributed by atoms with E-state index < -0.39 is 23.4 Å². The normalized spacial score (nSPS) is 11.2. The first kappa shape index (κ1) is 15.2. The van der Waals surface area contributed by atoms with Crippen LogP contribution in [-0.4, -0.2) is 33.6 Å². The van der Waals surface area contributed by atoms with E-state index in [4.69, 9.17) is 15.0 Å². The van der Waals surface area contributed by atoms with Crippen LogP contribution in [0.4, 0.5) is 22.4 Å². The topological polar surface area (TPSA) is 101 Å². The predicted octanol–water partition coefficient (Wildman–Crippen LogP) is 1.16. The van der Waals surface area contributed by atoms with Gasteiger partial charge in [-0.1, -0.05) is 0 Å². The highest BCUT2D eigenvalue weighted by Crippen LogP contribution is 2.37. The number of hydrogen-bond donors (Lipinski definition) is 3. The molecule has 14 heavy (non-hydrogen) atoms. The molecule has 10 heteroatoms. The Bertz CT molecular complexity index is 224. The van der Waals surface area contributed by atoms with Crippen LogP contribution in [0.15, 0.2) is 0 Å². The lowest BCUT2D eigenvalue weighted by Crippen LogP contribution is -2.43. The number of carboxylic acid groups (broad SMARTS) is 2. The van der Waals surface area contributed by atoms with Crippen molar-refractivity contribution in [3.63, 3.8) is 0 Å². The Morgan fingerprint density at radius 1 is 1.14 bits per heavy atom. The van der Waals surface area contributed by atoms with E-state index in [-0.39, 0.29) is 0 Å². The SMILES string of the molecule is NC(=O)O.O=C(O)C(F)(F)C(F)(F)Cl. The molecule has 0 heterocycles. The summed E-state index contributed by atoms with van der Waals surface area (Å²) in [5.41, 5.74) is 4.03. The van der Waals surface area contributed by atoms with Gasteiger partial charge in [0.25, 0.3) is 0 Å². The summed E-state index contributed by atoms with van der Waals surface area (Å²) >= 11 is 3.76. The lowest BCUT2D eigenvalue weighted by Gasteiger charge is -2.15. The Morgan fingerprint density at radius 2 is 1.36 bits per heavy atom. The van der Waals surface area contributed by atoms with Crippen LogP contribution in [0.2, 0.25) is 0 Å². The Balaban J connectivity index is 0. The zero-order valence-electron chi connectivity index (χ0n) is 6.18. The molecule has 0 fully saturated rings. The highest BCUT2D eigenvalue weighted by atomic mass is 35.5. The second-order valence-electron chi connectivity index (χ2n) is 1.72. The summed E-state index contributed by atoms with van der Waals surface area (Å²) in [5, 5.41) is 9.61. The van der Waals surface area contributed by atoms with Crippen LogP contribution in [-0.2, 0) is 4.79 Å². The summed E-state index contributed by atoms with van der Waals surface area (Å²) < 4.78 is 45.9. The number of carbonyl (C=O) groups is 2. The molecule has 84 valence electrons. The van der Waals surface area contributed by atoms with E-state index in [1.807, 2.05) is 0 Å². The van der Waals surface area contributed by atoms with Crippen molar-refractivity contribution >= 4 is 23.7 Å². The summed E-state index contributed by atoms with van der Waals surface area (Å²) in [4.78, 5) is 18.1. The molecule has 0 aromatic carbocycles. The Hall–Kier alpha value is -1.25. The second kappa shape index (κ2) is 4.84. The Kier molecular flexibility index (Phi) is 5.27. The molecule has 5 nitrogen and oxygen atoms in total. The van der Waals surface area contributed by atoms with Crippen molar-refractivity contribution in [1.82, 2.24) is 0 Å². The maximum Gasteiger partial charge on any atom is 0.418 e. The predicted molar refractivity (Wildman–Crippen MR) is 35.6 cm³/mol. The number of carboxylic acids is 1. The third-order valence-corrected chi connectivity index (χ3v) is 0.862.